The van der Waals surface area contributed by atoms with Crippen LogP contribution >= 0.6 is 12.4 Å². The maximum Gasteiger partial charge on any atom is 0.344 e. The number of halogens is 3. The Balaban J connectivity index is 0.000000292. The van der Waals surface area contributed by atoms with Gasteiger partial charge in [0.15, 0.2) is 42.6 Å². The molecular weight excluding hydrogens is 1030 g/mol. The van der Waals surface area contributed by atoms with Gasteiger partial charge in [-0.15, -0.1) is 12.4 Å². The number of aryl methyl sites for hydroxylation is 4. The summed E-state index contributed by atoms with van der Waals surface area (Å²) in [5.41, 5.74) is 3.68. The number of esters is 1. The van der Waals surface area contributed by atoms with Crippen LogP contribution in [-0.2, 0) is 36.1 Å². The maximum atomic E-state index is 13.0. The van der Waals surface area contributed by atoms with Crippen molar-refractivity contribution in [1.82, 2.24) is 0 Å². The fourth-order valence-electron chi connectivity index (χ4n) is 10.4. The average molecular weight is 1090 g/mol. The molecule has 0 unspecified atom stereocenters. The van der Waals surface area contributed by atoms with Gasteiger partial charge in [0.2, 0.25) is 0 Å². The van der Waals surface area contributed by atoms with Crippen LogP contribution in [0.2, 0.25) is 0 Å². The molecule has 3 N–H and O–H groups in total. The molecule has 67 heavy (non-hydrogen) atoms. The molecule has 0 radical (unpaired) electrons. The minimum atomic E-state index is -0.971. The van der Waals surface area contributed by atoms with Crippen LogP contribution in [0.5, 0.6) is 11.5 Å². The molecule has 4 saturated carbocycles. The van der Waals surface area contributed by atoms with Crippen molar-refractivity contribution in [3.63, 3.8) is 0 Å². The molecule has 6 aromatic rings. The predicted octanol–water partition coefficient (Wildman–Crippen LogP) is 6.00. The molecular formula is C55H61Br2ClO7S2. The lowest BCUT2D eigenvalue weighted by molar-refractivity contribution is -0.204. The first kappa shape index (κ1) is 55.4. The summed E-state index contributed by atoms with van der Waals surface area (Å²) in [6.45, 7) is 9.91. The molecule has 7 nitrogen and oxygen atoms in total. The summed E-state index contributed by atoms with van der Waals surface area (Å²) in [5.74, 6) is 2.99. The Bertz CT molecular complexity index is 2380. The van der Waals surface area contributed by atoms with E-state index in [2.05, 4.69) is 154 Å². The molecule has 0 aromatic heterocycles. The highest BCUT2D eigenvalue weighted by atomic mass is 79.9. The van der Waals surface area contributed by atoms with E-state index in [1.807, 2.05) is 26.0 Å². The van der Waals surface area contributed by atoms with E-state index in [1.54, 1.807) is 0 Å². The summed E-state index contributed by atoms with van der Waals surface area (Å²) in [4.78, 5) is 31.4. The number of hydrogen-bond acceptors (Lipinski definition) is 5. The Morgan fingerprint density at radius 3 is 1.12 bits per heavy atom. The van der Waals surface area contributed by atoms with Gasteiger partial charge in [0.1, 0.15) is 17.1 Å². The van der Waals surface area contributed by atoms with Gasteiger partial charge in [0.05, 0.1) is 21.8 Å². The number of carbonyl (C=O) groups is 2. The van der Waals surface area contributed by atoms with E-state index < -0.39 is 5.97 Å². The van der Waals surface area contributed by atoms with Gasteiger partial charge in [-0.3, -0.25) is 0 Å². The molecule has 4 fully saturated rings. The summed E-state index contributed by atoms with van der Waals surface area (Å²) < 4.78 is 17.9. The second-order valence-electron chi connectivity index (χ2n) is 17.6. The standard InChI is InChI=1S/C33H37O3S.C22H20O3S.2BrH.ClH.H2O/c1-22-14-30(37(28-10-6-4-7-11-28)29-12-8-5-9-13-29)15-23(2)32(22)35-21-31(34)36-33(3)26-17-24-16-25(19-26)20-27(33)18-24;1-16-13-20(14-17(2)22(16)25-15-21(23)24)26(18-9-5-3-6-10-18)19-11-7-4-8-12-19;;;;/h4-15,24-27H,16-21H2,1-3H3;3-14H,15H2,1-2H3;3*1H;1H2/q+1;;;;;/p-1. The third kappa shape index (κ3) is 12.9. The van der Waals surface area contributed by atoms with Crippen LogP contribution < -0.4 is 43.4 Å². The van der Waals surface area contributed by atoms with Crippen molar-refractivity contribution in [1.29, 1.82) is 0 Å². The molecule has 356 valence electrons. The van der Waals surface area contributed by atoms with Crippen LogP contribution in [0.15, 0.2) is 175 Å². The highest BCUT2D eigenvalue weighted by Gasteiger charge is 2.57. The van der Waals surface area contributed by atoms with Crippen molar-refractivity contribution in [2.24, 2.45) is 23.7 Å². The van der Waals surface area contributed by atoms with Crippen LogP contribution in [0.1, 0.15) is 61.3 Å². The van der Waals surface area contributed by atoms with Gasteiger partial charge >= 0.3 is 11.9 Å². The molecule has 0 atom stereocenters. The Kier molecular flexibility index (Phi) is 20.6. The highest BCUT2D eigenvalue weighted by Crippen LogP contribution is 2.59. The van der Waals surface area contributed by atoms with Crippen LogP contribution in [0, 0.1) is 51.4 Å². The number of carboxylic acid groups (broad SMARTS) is 1. The molecule has 0 amide bonds. The number of benzene rings is 6. The van der Waals surface area contributed by atoms with Crippen LogP contribution in [0.25, 0.3) is 0 Å². The first-order chi connectivity index (χ1) is 30.5. The van der Waals surface area contributed by atoms with E-state index in [9.17, 15) is 9.59 Å². The molecule has 10 rings (SSSR count). The van der Waals surface area contributed by atoms with Gasteiger partial charge in [0.25, 0.3) is 0 Å². The Morgan fingerprint density at radius 2 is 0.821 bits per heavy atom. The largest absolute Gasteiger partial charge is 1.00 e. The van der Waals surface area contributed by atoms with Gasteiger partial charge in [-0.05, 0) is 161 Å². The van der Waals surface area contributed by atoms with Gasteiger partial charge in [-0.1, -0.05) is 72.8 Å². The molecule has 12 heteroatoms. The SMILES string of the molecule is Cc1cc([S+](c2ccccc2)c2ccccc2)cc(C)c1OCC(=O)O.Cc1cc([S+](c2ccccc2)c2ccccc2)cc(C)c1OCC(=O)OC1(C)C2CC3CC(C2)CC1C3.Cl.O.[Br-].[Br-]. The lowest BCUT2D eigenvalue weighted by atomic mass is 9.50. The minimum Gasteiger partial charge on any atom is -1.00 e. The summed E-state index contributed by atoms with van der Waals surface area (Å²) in [5, 5.41) is 8.87. The van der Waals surface area contributed by atoms with E-state index in [4.69, 9.17) is 19.3 Å². The Hall–Kier alpha value is -4.23. The maximum absolute atomic E-state index is 13.0. The minimum absolute atomic E-state index is 0. The average Bonchev–Trinajstić information content (AvgIpc) is 3.27. The molecule has 4 aliphatic carbocycles. The first-order valence-electron chi connectivity index (χ1n) is 22.1. The van der Waals surface area contributed by atoms with Crippen LogP contribution in [-0.4, -0.2) is 41.3 Å². The molecule has 0 spiro atoms. The fraction of sp³-hybridized carbons (Fsp3) is 0.309. The van der Waals surface area contributed by atoms with E-state index in [1.165, 1.54) is 61.5 Å². The number of carboxylic acids is 1. The first-order valence-corrected chi connectivity index (χ1v) is 24.5. The third-order valence-electron chi connectivity index (χ3n) is 13.0. The highest BCUT2D eigenvalue weighted by molar-refractivity contribution is 7.97. The number of aliphatic carboxylic acids is 1. The molecule has 6 aromatic carbocycles. The summed E-state index contributed by atoms with van der Waals surface area (Å²) in [6.07, 6.45) is 6.29. The zero-order valence-corrected chi connectivity index (χ0v) is 44.2. The van der Waals surface area contributed by atoms with Crippen molar-refractivity contribution >= 4 is 46.1 Å². The normalized spacial score (nSPS) is 19.6. The van der Waals surface area contributed by atoms with Crippen molar-refractivity contribution in [3.05, 3.63) is 168 Å². The van der Waals surface area contributed by atoms with E-state index in [-0.39, 0.29) is 98.4 Å². The number of ether oxygens (including phenoxy) is 3. The lowest BCUT2D eigenvalue weighted by Crippen LogP contribution is -3.00. The van der Waals surface area contributed by atoms with Crippen molar-refractivity contribution in [2.75, 3.05) is 13.2 Å². The van der Waals surface area contributed by atoms with Crippen molar-refractivity contribution in [2.45, 2.75) is 102 Å². The second-order valence-corrected chi connectivity index (χ2v) is 21.6. The second kappa shape index (κ2) is 24.9. The molecule has 0 aliphatic heterocycles. The third-order valence-corrected chi connectivity index (χ3v) is 17.4. The van der Waals surface area contributed by atoms with Gasteiger partial charge in [-0.25, -0.2) is 9.59 Å². The zero-order valence-electron chi connectivity index (χ0n) is 38.6. The van der Waals surface area contributed by atoms with Crippen molar-refractivity contribution in [3.8, 4) is 11.5 Å². The lowest BCUT2D eigenvalue weighted by Gasteiger charge is -2.59. The molecule has 4 aliphatic rings. The topological polar surface area (TPSA) is 114 Å². The zero-order chi connectivity index (χ0) is 44.1. The van der Waals surface area contributed by atoms with Crippen LogP contribution in [0.3, 0.4) is 0 Å². The van der Waals surface area contributed by atoms with Gasteiger partial charge < -0.3 is 58.8 Å². The molecule has 0 saturated heterocycles. The van der Waals surface area contributed by atoms with Gasteiger partial charge in [-0.2, -0.15) is 0 Å². The summed E-state index contributed by atoms with van der Waals surface area (Å²) in [6, 6.07) is 50.9. The molecule has 4 bridgehead atoms. The number of carbonyl (C=O) groups excluding carboxylic acids is 1. The van der Waals surface area contributed by atoms with Gasteiger partial charge in [0, 0.05) is 24.3 Å². The Labute approximate surface area is 429 Å². The predicted molar refractivity (Wildman–Crippen MR) is 263 cm³/mol. The van der Waals surface area contributed by atoms with E-state index in [0.29, 0.717) is 17.6 Å². The number of hydrogen-bond donors (Lipinski definition) is 1. The quantitative estimate of drug-likeness (QED) is 0.112. The smallest absolute Gasteiger partial charge is 0.344 e. The fourth-order valence-corrected chi connectivity index (χ4v) is 14.9. The van der Waals surface area contributed by atoms with E-state index in [0.717, 1.165) is 39.8 Å². The van der Waals surface area contributed by atoms with E-state index >= 15 is 0 Å². The number of rotatable bonds is 13. The molecule has 0 heterocycles. The summed E-state index contributed by atoms with van der Waals surface area (Å²) >= 11 is 0. The van der Waals surface area contributed by atoms with Crippen molar-refractivity contribution < 1.29 is 68.3 Å². The summed E-state index contributed by atoms with van der Waals surface area (Å²) in [7, 11) is -0.444. The van der Waals surface area contributed by atoms with Crippen LogP contribution in [0.4, 0.5) is 0 Å². The Morgan fingerprint density at radius 1 is 0.522 bits per heavy atom. The monoisotopic (exact) mass is 1090 g/mol.